The number of fused-ring (bicyclic) bond motifs is 1. The van der Waals surface area contributed by atoms with E-state index in [1.54, 1.807) is 6.07 Å². The molecule has 0 unspecified atom stereocenters. The Morgan fingerprint density at radius 3 is 2.75 bits per heavy atom. The van der Waals surface area contributed by atoms with Gasteiger partial charge >= 0.3 is 0 Å². The highest BCUT2D eigenvalue weighted by atomic mass is 79.9. The average molecular weight is 352 g/mol. The molecule has 2 aromatic carbocycles. The molecule has 0 amide bonds. The molecule has 6 heteroatoms. The van der Waals surface area contributed by atoms with Crippen molar-refractivity contribution in [2.45, 2.75) is 0 Å². The summed E-state index contributed by atoms with van der Waals surface area (Å²) in [6.07, 6.45) is 1.25. The van der Waals surface area contributed by atoms with Crippen molar-refractivity contribution in [1.29, 1.82) is 0 Å². The highest BCUT2D eigenvalue weighted by Crippen LogP contribution is 2.28. The molecule has 0 aliphatic rings. The van der Waals surface area contributed by atoms with Crippen LogP contribution in [0.3, 0.4) is 0 Å². The summed E-state index contributed by atoms with van der Waals surface area (Å²) in [6.45, 7) is 0. The molecule has 0 aliphatic heterocycles. The standard InChI is InChI=1S/C14H8BrClN2O2/c15-10-3-1-9-6-11(4-2-8(9)5-10)20-14-12(16)13(19)17-7-18-14/h1-7H,(H,17,18,19). The number of hydrogen-bond acceptors (Lipinski definition) is 3. The van der Waals surface area contributed by atoms with Crippen LogP contribution in [0.2, 0.25) is 5.02 Å². The van der Waals surface area contributed by atoms with Crippen molar-refractivity contribution in [3.05, 3.63) is 62.6 Å². The van der Waals surface area contributed by atoms with Crippen LogP contribution >= 0.6 is 27.5 Å². The van der Waals surface area contributed by atoms with E-state index >= 15 is 0 Å². The van der Waals surface area contributed by atoms with E-state index in [1.165, 1.54) is 6.33 Å². The van der Waals surface area contributed by atoms with Gasteiger partial charge in [0.1, 0.15) is 5.75 Å². The number of halogens is 2. The van der Waals surface area contributed by atoms with Crippen molar-refractivity contribution in [1.82, 2.24) is 9.97 Å². The van der Waals surface area contributed by atoms with Gasteiger partial charge in [-0.1, -0.05) is 39.7 Å². The zero-order chi connectivity index (χ0) is 14.1. The minimum atomic E-state index is -0.429. The Morgan fingerprint density at radius 1 is 1.15 bits per heavy atom. The van der Waals surface area contributed by atoms with Gasteiger partial charge in [-0.2, -0.15) is 0 Å². The molecule has 0 radical (unpaired) electrons. The molecule has 0 saturated carbocycles. The molecular formula is C14H8BrClN2O2. The fraction of sp³-hybridized carbons (Fsp3) is 0. The first-order chi connectivity index (χ1) is 9.63. The zero-order valence-corrected chi connectivity index (χ0v) is 12.4. The fourth-order valence-corrected chi connectivity index (χ4v) is 2.33. The van der Waals surface area contributed by atoms with Gasteiger partial charge in [0.15, 0.2) is 5.02 Å². The molecule has 20 heavy (non-hydrogen) atoms. The smallest absolute Gasteiger partial charge is 0.273 e. The molecule has 0 saturated heterocycles. The van der Waals surface area contributed by atoms with Crippen LogP contribution < -0.4 is 10.3 Å². The summed E-state index contributed by atoms with van der Waals surface area (Å²) in [7, 11) is 0. The number of H-pyrrole nitrogens is 1. The van der Waals surface area contributed by atoms with Crippen LogP contribution in [0, 0.1) is 0 Å². The third kappa shape index (κ3) is 2.55. The maximum atomic E-state index is 11.4. The van der Waals surface area contributed by atoms with E-state index in [2.05, 4.69) is 25.9 Å². The molecule has 4 nitrogen and oxygen atoms in total. The van der Waals surface area contributed by atoms with Crippen molar-refractivity contribution in [3.8, 4) is 11.6 Å². The minimum Gasteiger partial charge on any atom is -0.437 e. The first-order valence-corrected chi connectivity index (χ1v) is 6.91. The van der Waals surface area contributed by atoms with Gasteiger partial charge in [0.25, 0.3) is 5.56 Å². The molecule has 3 rings (SSSR count). The van der Waals surface area contributed by atoms with Crippen LogP contribution in [0.1, 0.15) is 0 Å². The second-order valence-electron chi connectivity index (χ2n) is 4.11. The fourth-order valence-electron chi connectivity index (χ4n) is 1.81. The Bertz CT molecular complexity index is 848. The molecule has 0 bridgehead atoms. The van der Waals surface area contributed by atoms with Crippen molar-refractivity contribution >= 4 is 38.3 Å². The van der Waals surface area contributed by atoms with E-state index < -0.39 is 5.56 Å². The van der Waals surface area contributed by atoms with Crippen molar-refractivity contribution in [2.75, 3.05) is 0 Å². The van der Waals surface area contributed by atoms with Crippen molar-refractivity contribution in [2.24, 2.45) is 0 Å². The normalized spacial score (nSPS) is 10.7. The summed E-state index contributed by atoms with van der Waals surface area (Å²) < 4.78 is 6.57. The van der Waals surface area contributed by atoms with E-state index in [4.69, 9.17) is 16.3 Å². The number of rotatable bonds is 2. The second kappa shape index (κ2) is 5.26. The van der Waals surface area contributed by atoms with Crippen LogP contribution in [0.5, 0.6) is 11.6 Å². The third-order valence-electron chi connectivity index (χ3n) is 2.75. The lowest BCUT2D eigenvalue weighted by Crippen LogP contribution is -2.07. The highest BCUT2D eigenvalue weighted by molar-refractivity contribution is 9.10. The number of aromatic amines is 1. The molecule has 0 fully saturated rings. The molecule has 1 heterocycles. The third-order valence-corrected chi connectivity index (χ3v) is 3.58. The quantitative estimate of drug-likeness (QED) is 0.755. The summed E-state index contributed by atoms with van der Waals surface area (Å²) in [4.78, 5) is 17.7. The maximum Gasteiger partial charge on any atom is 0.273 e. The topological polar surface area (TPSA) is 55.0 Å². The number of benzene rings is 2. The first kappa shape index (κ1) is 13.1. The predicted octanol–water partition coefficient (Wildman–Crippen LogP) is 4.13. The molecule has 0 atom stereocenters. The zero-order valence-electron chi connectivity index (χ0n) is 10.1. The summed E-state index contributed by atoms with van der Waals surface area (Å²) in [5.41, 5.74) is -0.429. The summed E-state index contributed by atoms with van der Waals surface area (Å²) >= 11 is 9.27. The molecule has 100 valence electrons. The Morgan fingerprint density at radius 2 is 1.90 bits per heavy atom. The molecule has 1 N–H and O–H groups in total. The molecule has 0 spiro atoms. The van der Waals surface area contributed by atoms with E-state index in [0.717, 1.165) is 15.2 Å². The van der Waals surface area contributed by atoms with Crippen molar-refractivity contribution in [3.63, 3.8) is 0 Å². The number of hydrogen-bond donors (Lipinski definition) is 1. The second-order valence-corrected chi connectivity index (χ2v) is 5.40. The number of aromatic nitrogens is 2. The van der Waals surface area contributed by atoms with Crippen LogP contribution in [-0.4, -0.2) is 9.97 Å². The lowest BCUT2D eigenvalue weighted by molar-refractivity contribution is 0.461. The van der Waals surface area contributed by atoms with Gasteiger partial charge in [-0.3, -0.25) is 4.79 Å². The van der Waals surface area contributed by atoms with E-state index in [0.29, 0.717) is 5.75 Å². The lowest BCUT2D eigenvalue weighted by atomic mass is 10.1. The van der Waals surface area contributed by atoms with Gasteiger partial charge in [-0.15, -0.1) is 0 Å². The Kier molecular flexibility index (Phi) is 3.46. The van der Waals surface area contributed by atoms with Gasteiger partial charge in [0.2, 0.25) is 5.88 Å². The Hall–Kier alpha value is -1.85. The first-order valence-electron chi connectivity index (χ1n) is 5.74. The van der Waals surface area contributed by atoms with Crippen LogP contribution in [-0.2, 0) is 0 Å². The SMILES string of the molecule is O=c1[nH]cnc(Oc2ccc3cc(Br)ccc3c2)c1Cl. The largest absolute Gasteiger partial charge is 0.437 e. The van der Waals surface area contributed by atoms with E-state index in [-0.39, 0.29) is 10.9 Å². The van der Waals surface area contributed by atoms with Gasteiger partial charge < -0.3 is 9.72 Å². The Balaban J connectivity index is 2.01. The molecular weight excluding hydrogens is 344 g/mol. The van der Waals surface area contributed by atoms with Crippen LogP contribution in [0.15, 0.2) is 52.0 Å². The van der Waals surface area contributed by atoms with Crippen LogP contribution in [0.25, 0.3) is 10.8 Å². The summed E-state index contributed by atoms with van der Waals surface area (Å²) in [5.74, 6) is 0.659. The molecule has 0 aliphatic carbocycles. The van der Waals surface area contributed by atoms with Gasteiger partial charge in [0.05, 0.1) is 6.33 Å². The maximum absolute atomic E-state index is 11.4. The number of ether oxygens (including phenoxy) is 1. The lowest BCUT2D eigenvalue weighted by Gasteiger charge is -2.07. The predicted molar refractivity (Wildman–Crippen MR) is 81.6 cm³/mol. The van der Waals surface area contributed by atoms with Gasteiger partial charge in [-0.05, 0) is 35.0 Å². The van der Waals surface area contributed by atoms with Gasteiger partial charge in [0, 0.05) is 4.47 Å². The monoisotopic (exact) mass is 350 g/mol. The summed E-state index contributed by atoms with van der Waals surface area (Å²) in [5, 5.41) is 2.03. The molecule has 1 aromatic heterocycles. The van der Waals surface area contributed by atoms with Crippen LogP contribution in [0.4, 0.5) is 0 Å². The summed E-state index contributed by atoms with van der Waals surface area (Å²) in [6, 6.07) is 11.5. The Labute approximate surface area is 127 Å². The highest BCUT2D eigenvalue weighted by Gasteiger charge is 2.08. The molecule has 3 aromatic rings. The van der Waals surface area contributed by atoms with E-state index in [9.17, 15) is 4.79 Å². The van der Waals surface area contributed by atoms with E-state index in [1.807, 2.05) is 30.3 Å². The number of nitrogens with one attached hydrogen (secondary N) is 1. The van der Waals surface area contributed by atoms with Gasteiger partial charge in [-0.25, -0.2) is 4.98 Å². The van der Waals surface area contributed by atoms with Crippen molar-refractivity contribution < 1.29 is 4.74 Å². The number of nitrogens with zero attached hydrogens (tertiary/aromatic N) is 1. The minimum absolute atomic E-state index is 0.0663. The average Bonchev–Trinajstić information content (AvgIpc) is 2.44.